The van der Waals surface area contributed by atoms with Crippen molar-refractivity contribution in [2.45, 2.75) is 57.4 Å². The van der Waals surface area contributed by atoms with Crippen LogP contribution in [0.4, 0.5) is 0 Å². The van der Waals surface area contributed by atoms with Crippen LogP contribution >= 0.6 is 0 Å². The van der Waals surface area contributed by atoms with Crippen LogP contribution in [-0.2, 0) is 6.54 Å². The summed E-state index contributed by atoms with van der Waals surface area (Å²) in [6.45, 7) is 5.00. The van der Waals surface area contributed by atoms with Gasteiger partial charge >= 0.3 is 0 Å². The molecule has 30 heavy (non-hydrogen) atoms. The lowest BCUT2D eigenvalue weighted by Crippen LogP contribution is -2.37. The van der Waals surface area contributed by atoms with E-state index in [1.165, 1.54) is 51.6 Å². The van der Waals surface area contributed by atoms with Gasteiger partial charge in [0.25, 0.3) is 0 Å². The Balaban J connectivity index is 1.22. The average Bonchev–Trinajstić information content (AvgIpc) is 3.33. The van der Waals surface area contributed by atoms with Crippen LogP contribution in [0.1, 0.15) is 62.0 Å². The minimum absolute atomic E-state index is 0.585. The maximum atomic E-state index is 5.91. The predicted molar refractivity (Wildman–Crippen MR) is 125 cm³/mol. The zero-order chi connectivity index (χ0) is 20.6. The van der Waals surface area contributed by atoms with Crippen LogP contribution in [0.15, 0.2) is 54.6 Å². The van der Waals surface area contributed by atoms with Gasteiger partial charge in [-0.25, -0.2) is 0 Å². The van der Waals surface area contributed by atoms with Gasteiger partial charge in [-0.3, -0.25) is 0 Å². The molecule has 1 aliphatic carbocycles. The second-order valence-corrected chi connectivity index (χ2v) is 9.21. The van der Waals surface area contributed by atoms with Crippen LogP contribution in [0.3, 0.4) is 0 Å². The fraction of sp³-hybridized carbons (Fsp3) is 0.556. The van der Waals surface area contributed by atoms with Gasteiger partial charge in [-0.2, -0.15) is 0 Å². The van der Waals surface area contributed by atoms with Gasteiger partial charge in [-0.05, 0) is 86.2 Å². The summed E-state index contributed by atoms with van der Waals surface area (Å²) in [7, 11) is 0. The lowest BCUT2D eigenvalue weighted by atomic mass is 9.72. The third kappa shape index (κ3) is 5.65. The molecule has 162 valence electrons. The van der Waals surface area contributed by atoms with Gasteiger partial charge in [0.15, 0.2) is 0 Å². The minimum atomic E-state index is 0.585. The molecule has 1 saturated carbocycles. The molecule has 0 radical (unpaired) electrons. The lowest BCUT2D eigenvalue weighted by Gasteiger charge is -2.39. The van der Waals surface area contributed by atoms with Crippen molar-refractivity contribution in [3.05, 3.63) is 65.7 Å². The van der Waals surface area contributed by atoms with Crippen molar-refractivity contribution < 1.29 is 4.74 Å². The molecule has 2 aromatic carbocycles. The average molecular weight is 407 g/mol. The summed E-state index contributed by atoms with van der Waals surface area (Å²) in [5.74, 6) is 3.48. The van der Waals surface area contributed by atoms with Gasteiger partial charge in [0, 0.05) is 13.1 Å². The summed E-state index contributed by atoms with van der Waals surface area (Å²) in [6.07, 6.45) is 9.51. The zero-order valence-corrected chi connectivity index (χ0v) is 18.3. The highest BCUT2D eigenvalue weighted by Gasteiger charge is 2.34. The van der Waals surface area contributed by atoms with E-state index in [0.717, 1.165) is 48.6 Å². The molecule has 0 bridgehead atoms. The molecule has 1 saturated heterocycles. The molecule has 1 unspecified atom stereocenters. The van der Waals surface area contributed by atoms with E-state index in [1.807, 2.05) is 24.3 Å². The Morgan fingerprint density at radius 1 is 0.867 bits per heavy atom. The topological polar surface area (TPSA) is 38.5 Å². The second-order valence-electron chi connectivity index (χ2n) is 9.21. The molecule has 3 nitrogen and oxygen atoms in total. The molecule has 4 rings (SSSR count). The number of hydrogen-bond acceptors (Lipinski definition) is 3. The summed E-state index contributed by atoms with van der Waals surface area (Å²) in [5, 5.41) is 0. The Kier molecular flexibility index (Phi) is 7.82. The van der Waals surface area contributed by atoms with Crippen LogP contribution in [0.25, 0.3) is 0 Å². The zero-order valence-electron chi connectivity index (χ0n) is 18.3. The highest BCUT2D eigenvalue weighted by molar-refractivity contribution is 5.27. The third-order valence-corrected chi connectivity index (χ3v) is 7.28. The van der Waals surface area contributed by atoms with Crippen molar-refractivity contribution in [3.63, 3.8) is 0 Å². The van der Waals surface area contributed by atoms with E-state index in [9.17, 15) is 0 Å². The first-order valence-corrected chi connectivity index (χ1v) is 12.0. The van der Waals surface area contributed by atoms with Crippen molar-refractivity contribution in [3.8, 4) is 5.75 Å². The Labute approximate surface area is 182 Å². The van der Waals surface area contributed by atoms with Gasteiger partial charge in [0.05, 0.1) is 6.61 Å². The van der Waals surface area contributed by atoms with Crippen molar-refractivity contribution in [2.75, 3.05) is 26.2 Å². The predicted octanol–water partition coefficient (Wildman–Crippen LogP) is 5.60. The van der Waals surface area contributed by atoms with E-state index < -0.39 is 0 Å². The molecule has 3 heteroatoms. The van der Waals surface area contributed by atoms with Crippen molar-refractivity contribution in [1.82, 2.24) is 4.90 Å². The standard InChI is InChI=1S/C27H38N2O/c28-21-22-11-13-26(14-12-22)30-20-6-17-29-18-15-25(16-19-29)27(24-9-4-5-10-24)23-7-2-1-3-8-23/h1-3,7-8,11-14,24-25,27H,4-6,9-10,15-21,28H2. The lowest BCUT2D eigenvalue weighted by molar-refractivity contribution is 0.142. The van der Waals surface area contributed by atoms with Crippen LogP contribution in [0.2, 0.25) is 0 Å². The van der Waals surface area contributed by atoms with Crippen LogP contribution in [0, 0.1) is 11.8 Å². The summed E-state index contributed by atoms with van der Waals surface area (Å²) in [4.78, 5) is 2.65. The molecule has 2 N–H and O–H groups in total. The van der Waals surface area contributed by atoms with Gasteiger partial charge < -0.3 is 15.4 Å². The number of benzene rings is 2. The first-order valence-electron chi connectivity index (χ1n) is 12.0. The van der Waals surface area contributed by atoms with E-state index in [-0.39, 0.29) is 0 Å². The molecule has 0 aromatic heterocycles. The minimum Gasteiger partial charge on any atom is -0.494 e. The molecular formula is C27H38N2O. The van der Waals surface area contributed by atoms with Gasteiger partial charge in [0.2, 0.25) is 0 Å². The molecule has 1 heterocycles. The van der Waals surface area contributed by atoms with Gasteiger partial charge in [-0.15, -0.1) is 0 Å². The fourth-order valence-corrected chi connectivity index (χ4v) is 5.66. The molecule has 0 amide bonds. The van der Waals surface area contributed by atoms with Crippen molar-refractivity contribution in [1.29, 1.82) is 0 Å². The first-order chi connectivity index (χ1) is 14.8. The van der Waals surface area contributed by atoms with Crippen LogP contribution < -0.4 is 10.5 Å². The molecule has 2 fully saturated rings. The van der Waals surface area contributed by atoms with Crippen LogP contribution in [-0.4, -0.2) is 31.1 Å². The Hall–Kier alpha value is -1.84. The third-order valence-electron chi connectivity index (χ3n) is 7.28. The number of rotatable bonds is 9. The Morgan fingerprint density at radius 2 is 1.53 bits per heavy atom. The number of ether oxygens (including phenoxy) is 1. The van der Waals surface area contributed by atoms with E-state index in [0.29, 0.717) is 6.54 Å². The molecule has 2 aromatic rings. The molecular weight excluding hydrogens is 368 g/mol. The summed E-state index contributed by atoms with van der Waals surface area (Å²) in [5.41, 5.74) is 8.40. The second kappa shape index (κ2) is 11.0. The normalized spacial score (nSPS) is 19.8. The largest absolute Gasteiger partial charge is 0.494 e. The number of likely N-dealkylation sites (tertiary alicyclic amines) is 1. The SMILES string of the molecule is NCc1ccc(OCCCN2CCC(C(c3ccccc3)C3CCCC3)CC2)cc1. The van der Waals surface area contributed by atoms with Crippen molar-refractivity contribution >= 4 is 0 Å². The molecule has 1 aliphatic heterocycles. The number of hydrogen-bond donors (Lipinski definition) is 1. The van der Waals surface area contributed by atoms with E-state index in [2.05, 4.69) is 35.2 Å². The number of piperidine rings is 1. The Morgan fingerprint density at radius 3 is 2.20 bits per heavy atom. The van der Waals surface area contributed by atoms with Gasteiger partial charge in [0.1, 0.15) is 5.75 Å². The summed E-state index contributed by atoms with van der Waals surface area (Å²) < 4.78 is 5.91. The maximum absolute atomic E-state index is 5.91. The van der Waals surface area contributed by atoms with Crippen molar-refractivity contribution in [2.24, 2.45) is 17.6 Å². The summed E-state index contributed by atoms with van der Waals surface area (Å²) >= 11 is 0. The highest BCUT2D eigenvalue weighted by atomic mass is 16.5. The molecule has 0 spiro atoms. The van der Waals surface area contributed by atoms with E-state index >= 15 is 0 Å². The maximum Gasteiger partial charge on any atom is 0.119 e. The van der Waals surface area contributed by atoms with E-state index in [4.69, 9.17) is 10.5 Å². The van der Waals surface area contributed by atoms with Crippen LogP contribution in [0.5, 0.6) is 5.75 Å². The number of nitrogens with two attached hydrogens (primary N) is 1. The number of nitrogens with zero attached hydrogens (tertiary/aromatic N) is 1. The smallest absolute Gasteiger partial charge is 0.119 e. The fourth-order valence-electron chi connectivity index (χ4n) is 5.66. The Bertz CT molecular complexity index is 731. The first kappa shape index (κ1) is 21.4. The summed E-state index contributed by atoms with van der Waals surface area (Å²) in [6, 6.07) is 19.5. The molecule has 2 aliphatic rings. The monoisotopic (exact) mass is 406 g/mol. The van der Waals surface area contributed by atoms with Gasteiger partial charge in [-0.1, -0.05) is 55.3 Å². The molecule has 1 atom stereocenters. The van der Waals surface area contributed by atoms with E-state index in [1.54, 1.807) is 5.56 Å². The quantitative estimate of drug-likeness (QED) is 0.551. The highest BCUT2D eigenvalue weighted by Crippen LogP contribution is 2.45.